The molecule has 1 fully saturated rings. The molecule has 1 aliphatic heterocycles. The summed E-state index contributed by atoms with van der Waals surface area (Å²) in [5.74, 6) is -0.700. The summed E-state index contributed by atoms with van der Waals surface area (Å²) in [6, 6.07) is 3.66. The summed E-state index contributed by atoms with van der Waals surface area (Å²) in [6.45, 7) is -0.473. The number of carbonyl (C=O) groups excluding carboxylic acids is 1. The number of hydrogen-bond donors (Lipinski definition) is 1. The van der Waals surface area contributed by atoms with E-state index in [4.69, 9.17) is 28.3 Å². The fourth-order valence-electron chi connectivity index (χ4n) is 2.69. The molecular weight excluding hydrogens is 384 g/mol. The number of carboxylic acid groups (broad SMARTS) is 1. The molecule has 10 heteroatoms. The first-order valence-electron chi connectivity index (χ1n) is 7.39. The van der Waals surface area contributed by atoms with Gasteiger partial charge in [0.1, 0.15) is 0 Å². The molecule has 0 unspecified atom stereocenters. The highest BCUT2D eigenvalue weighted by Gasteiger charge is 2.36. The van der Waals surface area contributed by atoms with E-state index in [1.807, 2.05) is 0 Å². The van der Waals surface area contributed by atoms with Gasteiger partial charge in [-0.05, 0) is 18.6 Å². The summed E-state index contributed by atoms with van der Waals surface area (Å²) in [4.78, 5) is 25.9. The lowest BCUT2D eigenvalue weighted by Gasteiger charge is -2.30. The molecular formula is C15H15Cl2F3N2O3. The summed E-state index contributed by atoms with van der Waals surface area (Å²) in [7, 11) is 0. The zero-order chi connectivity index (χ0) is 18.8. The van der Waals surface area contributed by atoms with Crippen molar-refractivity contribution in [3.63, 3.8) is 0 Å². The van der Waals surface area contributed by atoms with Crippen molar-refractivity contribution in [2.24, 2.45) is 0 Å². The van der Waals surface area contributed by atoms with Gasteiger partial charge in [-0.1, -0.05) is 29.3 Å². The number of benzene rings is 1. The Balaban J connectivity index is 2.26. The van der Waals surface area contributed by atoms with E-state index in [-0.39, 0.29) is 35.1 Å². The molecule has 138 valence electrons. The summed E-state index contributed by atoms with van der Waals surface area (Å²) < 4.78 is 37.9. The third kappa shape index (κ3) is 4.92. The first-order valence-corrected chi connectivity index (χ1v) is 8.15. The second-order valence-corrected chi connectivity index (χ2v) is 6.42. The third-order valence-corrected chi connectivity index (χ3v) is 4.77. The molecule has 0 radical (unpaired) electrons. The van der Waals surface area contributed by atoms with Crippen LogP contribution in [0.15, 0.2) is 18.2 Å². The Bertz CT molecular complexity index is 670. The first kappa shape index (κ1) is 19.7. The summed E-state index contributed by atoms with van der Waals surface area (Å²) in [6.07, 6.45) is -6.55. The van der Waals surface area contributed by atoms with Crippen LogP contribution >= 0.6 is 23.2 Å². The molecule has 0 spiro atoms. The maximum atomic E-state index is 12.7. The first-order chi connectivity index (χ1) is 11.6. The topological polar surface area (TPSA) is 60.9 Å². The van der Waals surface area contributed by atoms with Crippen LogP contribution in [0.1, 0.15) is 23.2 Å². The number of rotatable bonds is 4. The normalized spacial score (nSPS) is 17.6. The number of hydrogen-bond acceptors (Lipinski definition) is 2. The number of carbonyl (C=O) groups is 2. The monoisotopic (exact) mass is 398 g/mol. The maximum absolute atomic E-state index is 12.7. The zero-order valence-corrected chi connectivity index (χ0v) is 14.4. The highest BCUT2D eigenvalue weighted by atomic mass is 35.5. The van der Waals surface area contributed by atoms with Gasteiger partial charge in [0.25, 0.3) is 5.91 Å². The molecule has 25 heavy (non-hydrogen) atoms. The number of likely N-dealkylation sites (tertiary alicyclic amines) is 1. The Morgan fingerprint density at radius 3 is 2.56 bits per heavy atom. The predicted molar refractivity (Wildman–Crippen MR) is 86.2 cm³/mol. The Morgan fingerprint density at radius 2 is 2.00 bits per heavy atom. The van der Waals surface area contributed by atoms with E-state index in [9.17, 15) is 22.8 Å². The van der Waals surface area contributed by atoms with Crippen LogP contribution in [0, 0.1) is 0 Å². The van der Waals surface area contributed by atoms with E-state index in [0.717, 1.165) is 9.80 Å². The van der Waals surface area contributed by atoms with E-state index >= 15 is 0 Å². The molecule has 1 aliphatic rings. The van der Waals surface area contributed by atoms with Gasteiger partial charge in [-0.3, -0.25) is 4.79 Å². The lowest BCUT2D eigenvalue weighted by molar-refractivity contribution is -0.137. The largest absolute Gasteiger partial charge is 0.465 e. The summed E-state index contributed by atoms with van der Waals surface area (Å²) in [5.41, 5.74) is -0.00915. The van der Waals surface area contributed by atoms with Crippen LogP contribution < -0.4 is 0 Å². The van der Waals surface area contributed by atoms with E-state index in [1.165, 1.54) is 18.2 Å². The molecule has 1 aromatic carbocycles. The lowest BCUT2D eigenvalue weighted by Crippen LogP contribution is -2.44. The minimum absolute atomic E-state index is 0.00915. The highest BCUT2D eigenvalue weighted by molar-refractivity contribution is 6.43. The van der Waals surface area contributed by atoms with Gasteiger partial charge < -0.3 is 14.9 Å². The van der Waals surface area contributed by atoms with Crippen molar-refractivity contribution in [2.75, 3.05) is 19.6 Å². The van der Waals surface area contributed by atoms with Crippen molar-refractivity contribution in [1.82, 2.24) is 9.80 Å². The van der Waals surface area contributed by atoms with Crippen molar-refractivity contribution >= 4 is 35.2 Å². The number of halogens is 5. The molecule has 0 aromatic heterocycles. The minimum atomic E-state index is -4.44. The van der Waals surface area contributed by atoms with Crippen LogP contribution in [0.2, 0.25) is 10.0 Å². The fraction of sp³-hybridized carbons (Fsp3) is 0.467. The number of nitrogens with zero attached hydrogens (tertiary/aromatic N) is 2. The van der Waals surface area contributed by atoms with Crippen LogP contribution in [0.25, 0.3) is 0 Å². The number of amides is 2. The van der Waals surface area contributed by atoms with E-state index in [2.05, 4.69) is 0 Å². The van der Waals surface area contributed by atoms with E-state index in [1.54, 1.807) is 0 Å². The molecule has 1 atom stereocenters. The Hall–Kier alpha value is -1.67. The van der Waals surface area contributed by atoms with Crippen LogP contribution in [-0.2, 0) is 0 Å². The zero-order valence-electron chi connectivity index (χ0n) is 12.9. The van der Waals surface area contributed by atoms with Gasteiger partial charge in [0.2, 0.25) is 0 Å². The number of alkyl halides is 3. The third-order valence-electron chi connectivity index (χ3n) is 3.95. The van der Waals surface area contributed by atoms with Gasteiger partial charge in [0, 0.05) is 19.6 Å². The van der Waals surface area contributed by atoms with Crippen LogP contribution in [0.3, 0.4) is 0 Å². The van der Waals surface area contributed by atoms with Crippen molar-refractivity contribution in [3.05, 3.63) is 33.8 Å². The van der Waals surface area contributed by atoms with Crippen LogP contribution in [-0.4, -0.2) is 58.8 Å². The molecule has 0 saturated carbocycles. The average Bonchev–Trinajstić information content (AvgIpc) is 2.99. The van der Waals surface area contributed by atoms with Gasteiger partial charge in [-0.15, -0.1) is 0 Å². The quantitative estimate of drug-likeness (QED) is 0.828. The molecule has 0 aliphatic carbocycles. The molecule has 2 rings (SSSR count). The molecule has 1 aromatic rings. The highest BCUT2D eigenvalue weighted by Crippen LogP contribution is 2.29. The molecule has 5 nitrogen and oxygen atoms in total. The molecule has 1 heterocycles. The Kier molecular flexibility index (Phi) is 6.05. The van der Waals surface area contributed by atoms with Crippen molar-refractivity contribution < 1.29 is 27.9 Å². The van der Waals surface area contributed by atoms with Crippen LogP contribution in [0.4, 0.5) is 18.0 Å². The Morgan fingerprint density at radius 1 is 1.32 bits per heavy atom. The summed E-state index contributed by atoms with van der Waals surface area (Å²) >= 11 is 11.9. The van der Waals surface area contributed by atoms with Gasteiger partial charge in [-0.2, -0.15) is 13.2 Å². The van der Waals surface area contributed by atoms with Gasteiger partial charge >= 0.3 is 12.3 Å². The van der Waals surface area contributed by atoms with Crippen LogP contribution in [0.5, 0.6) is 0 Å². The average molecular weight is 399 g/mol. The maximum Gasteiger partial charge on any atom is 0.407 e. The van der Waals surface area contributed by atoms with Crippen molar-refractivity contribution in [3.8, 4) is 0 Å². The minimum Gasteiger partial charge on any atom is -0.465 e. The van der Waals surface area contributed by atoms with Gasteiger partial charge in [0.15, 0.2) is 0 Å². The smallest absolute Gasteiger partial charge is 0.407 e. The van der Waals surface area contributed by atoms with Gasteiger partial charge in [-0.25, -0.2) is 4.79 Å². The van der Waals surface area contributed by atoms with Gasteiger partial charge in [0.05, 0.1) is 28.1 Å². The molecule has 1 saturated heterocycles. The SMILES string of the molecule is O=C(O)N1CC[C@H](N(CCC(F)(F)F)C(=O)c2cccc(Cl)c2Cl)C1. The molecule has 1 N–H and O–H groups in total. The second kappa shape index (κ2) is 7.70. The molecule has 2 amide bonds. The second-order valence-electron chi connectivity index (χ2n) is 5.64. The van der Waals surface area contributed by atoms with E-state index in [0.29, 0.717) is 0 Å². The standard InChI is InChI=1S/C15H15Cl2F3N2O3/c16-11-3-1-2-10(12(11)17)13(23)22(7-5-15(18,19)20)9-4-6-21(8-9)14(24)25/h1-3,9H,4-8H2,(H,24,25)/t9-/m0/s1. The fourth-order valence-corrected chi connectivity index (χ4v) is 3.07. The Labute approximate surface area is 151 Å². The van der Waals surface area contributed by atoms with E-state index < -0.39 is 37.2 Å². The molecule has 0 bridgehead atoms. The lowest BCUT2D eigenvalue weighted by atomic mass is 10.1. The summed E-state index contributed by atoms with van der Waals surface area (Å²) in [5, 5.41) is 9.08. The van der Waals surface area contributed by atoms with Crippen molar-refractivity contribution in [1.29, 1.82) is 0 Å². The van der Waals surface area contributed by atoms with Crippen molar-refractivity contribution in [2.45, 2.75) is 25.1 Å². The predicted octanol–water partition coefficient (Wildman–Crippen LogP) is 4.14.